The average Bonchev–Trinajstić information content (AvgIpc) is 2.67. The first-order valence-electron chi connectivity index (χ1n) is 5.99. The maximum Gasteiger partial charge on any atom is 0.165 e. The molecule has 3 rings (SSSR count). The first-order valence-corrected chi connectivity index (χ1v) is 6.74. The molecule has 6 heteroatoms. The second-order valence-electron chi connectivity index (χ2n) is 4.45. The molecule has 0 radical (unpaired) electrons. The van der Waals surface area contributed by atoms with Gasteiger partial charge in [-0.1, -0.05) is 23.2 Å². The Hall–Kier alpha value is -0.840. The van der Waals surface area contributed by atoms with Crippen molar-refractivity contribution in [2.24, 2.45) is 0 Å². The van der Waals surface area contributed by atoms with E-state index in [2.05, 4.69) is 9.97 Å². The molecule has 1 unspecified atom stereocenters. The maximum absolute atomic E-state index is 6.15. The zero-order chi connectivity index (χ0) is 12.7. The van der Waals surface area contributed by atoms with Gasteiger partial charge in [0.15, 0.2) is 5.65 Å². The van der Waals surface area contributed by atoms with Crippen LogP contribution in [0.2, 0.25) is 10.2 Å². The number of ether oxygens (including phenoxy) is 1. The molecule has 3 heterocycles. The van der Waals surface area contributed by atoms with Crippen molar-refractivity contribution in [3.8, 4) is 0 Å². The van der Waals surface area contributed by atoms with Gasteiger partial charge in [0.05, 0.1) is 5.02 Å². The molecule has 0 amide bonds. The van der Waals surface area contributed by atoms with Gasteiger partial charge in [-0.25, -0.2) is 9.97 Å². The van der Waals surface area contributed by atoms with Gasteiger partial charge in [0, 0.05) is 6.61 Å². The van der Waals surface area contributed by atoms with Crippen molar-refractivity contribution in [1.29, 1.82) is 0 Å². The van der Waals surface area contributed by atoms with E-state index in [0.717, 1.165) is 31.7 Å². The Morgan fingerprint density at radius 3 is 2.89 bits per heavy atom. The van der Waals surface area contributed by atoms with E-state index in [1.54, 1.807) is 6.07 Å². The van der Waals surface area contributed by atoms with E-state index in [9.17, 15) is 0 Å². The molecule has 0 aromatic carbocycles. The van der Waals surface area contributed by atoms with E-state index in [-0.39, 0.29) is 6.23 Å². The molecule has 2 aromatic rings. The zero-order valence-electron chi connectivity index (χ0n) is 9.99. The summed E-state index contributed by atoms with van der Waals surface area (Å²) in [5.74, 6) is 0.855. The van der Waals surface area contributed by atoms with Gasteiger partial charge in [-0.3, -0.25) is 4.57 Å². The SMILES string of the molecule is Cc1nc2c(Cl)cc(Cl)nc2n1C1CCCCO1. The highest BCUT2D eigenvalue weighted by atomic mass is 35.5. The highest BCUT2D eigenvalue weighted by molar-refractivity contribution is 6.37. The summed E-state index contributed by atoms with van der Waals surface area (Å²) in [7, 11) is 0. The molecule has 1 aliphatic rings. The number of fused-ring (bicyclic) bond motifs is 1. The minimum atomic E-state index is -0.00853. The number of rotatable bonds is 1. The van der Waals surface area contributed by atoms with Crippen LogP contribution in [0.25, 0.3) is 11.2 Å². The van der Waals surface area contributed by atoms with Crippen molar-refractivity contribution >= 4 is 34.4 Å². The second-order valence-corrected chi connectivity index (χ2v) is 5.24. The van der Waals surface area contributed by atoms with E-state index < -0.39 is 0 Å². The van der Waals surface area contributed by atoms with Crippen LogP contribution in [0.1, 0.15) is 31.3 Å². The lowest BCUT2D eigenvalue weighted by Gasteiger charge is -2.25. The fourth-order valence-electron chi connectivity index (χ4n) is 2.38. The number of imidazole rings is 1. The molecule has 0 bridgehead atoms. The summed E-state index contributed by atoms with van der Waals surface area (Å²) in [6, 6.07) is 1.62. The molecule has 18 heavy (non-hydrogen) atoms. The van der Waals surface area contributed by atoms with E-state index >= 15 is 0 Å². The molecule has 4 nitrogen and oxygen atoms in total. The number of hydrogen-bond acceptors (Lipinski definition) is 3. The minimum Gasteiger partial charge on any atom is -0.358 e. The van der Waals surface area contributed by atoms with E-state index in [4.69, 9.17) is 27.9 Å². The number of aromatic nitrogens is 3. The number of nitrogens with zero attached hydrogens (tertiary/aromatic N) is 3. The average molecular weight is 286 g/mol. The number of hydrogen-bond donors (Lipinski definition) is 0. The third-order valence-electron chi connectivity index (χ3n) is 3.19. The second kappa shape index (κ2) is 4.68. The van der Waals surface area contributed by atoms with Crippen LogP contribution in [-0.2, 0) is 4.74 Å². The Balaban J connectivity index is 2.18. The summed E-state index contributed by atoms with van der Waals surface area (Å²) in [5, 5.41) is 0.909. The van der Waals surface area contributed by atoms with Gasteiger partial charge in [0.1, 0.15) is 22.7 Å². The smallest absolute Gasteiger partial charge is 0.165 e. The molecule has 0 aliphatic carbocycles. The lowest BCUT2D eigenvalue weighted by Crippen LogP contribution is -2.19. The quantitative estimate of drug-likeness (QED) is 0.750. The van der Waals surface area contributed by atoms with E-state index in [1.165, 1.54) is 0 Å². The third-order valence-corrected chi connectivity index (χ3v) is 3.67. The molecule has 96 valence electrons. The monoisotopic (exact) mass is 285 g/mol. The summed E-state index contributed by atoms with van der Waals surface area (Å²) < 4.78 is 7.78. The van der Waals surface area contributed by atoms with Crippen LogP contribution in [0.4, 0.5) is 0 Å². The predicted octanol–water partition coefficient (Wildman–Crippen LogP) is 3.75. The molecular formula is C12H13Cl2N3O. The Labute approximate surface area is 115 Å². The standard InChI is InChI=1S/C12H13Cl2N3O/c1-7-15-11-8(13)6-9(14)16-12(11)17(7)10-4-2-3-5-18-10/h6,10H,2-5H2,1H3. The summed E-state index contributed by atoms with van der Waals surface area (Å²) in [5.41, 5.74) is 1.39. The fourth-order valence-corrected chi connectivity index (χ4v) is 2.85. The van der Waals surface area contributed by atoms with E-state index in [1.807, 2.05) is 11.5 Å². The first-order chi connectivity index (χ1) is 8.66. The minimum absolute atomic E-state index is 0.00853. The van der Waals surface area contributed by atoms with E-state index in [0.29, 0.717) is 21.3 Å². The zero-order valence-corrected chi connectivity index (χ0v) is 11.5. The van der Waals surface area contributed by atoms with Crippen LogP contribution in [0, 0.1) is 6.92 Å². The van der Waals surface area contributed by atoms with Gasteiger partial charge in [0.25, 0.3) is 0 Å². The molecular weight excluding hydrogens is 273 g/mol. The largest absolute Gasteiger partial charge is 0.358 e. The van der Waals surface area contributed by atoms with Crippen molar-refractivity contribution in [1.82, 2.24) is 14.5 Å². The molecule has 0 saturated carbocycles. The molecule has 1 saturated heterocycles. The Morgan fingerprint density at radius 2 is 2.17 bits per heavy atom. The maximum atomic E-state index is 6.15. The molecule has 1 fully saturated rings. The lowest BCUT2D eigenvalue weighted by atomic mass is 10.2. The fraction of sp³-hybridized carbons (Fsp3) is 0.500. The molecule has 1 aliphatic heterocycles. The Morgan fingerprint density at radius 1 is 1.33 bits per heavy atom. The van der Waals surface area contributed by atoms with Crippen molar-refractivity contribution in [2.75, 3.05) is 6.61 Å². The number of aryl methyl sites for hydroxylation is 1. The molecule has 0 N–H and O–H groups in total. The Bertz CT molecular complexity index is 591. The van der Waals surface area contributed by atoms with Crippen LogP contribution in [0.3, 0.4) is 0 Å². The highest BCUT2D eigenvalue weighted by Gasteiger charge is 2.22. The lowest BCUT2D eigenvalue weighted by molar-refractivity contribution is -0.0309. The van der Waals surface area contributed by atoms with Crippen molar-refractivity contribution in [2.45, 2.75) is 32.4 Å². The van der Waals surface area contributed by atoms with Gasteiger partial charge < -0.3 is 4.74 Å². The van der Waals surface area contributed by atoms with Crippen molar-refractivity contribution in [3.05, 3.63) is 22.1 Å². The summed E-state index contributed by atoms with van der Waals surface area (Å²) >= 11 is 12.1. The molecule has 2 aromatic heterocycles. The van der Waals surface area contributed by atoms with Gasteiger partial charge in [-0.05, 0) is 32.3 Å². The predicted molar refractivity (Wildman–Crippen MR) is 71.1 cm³/mol. The van der Waals surface area contributed by atoms with Crippen LogP contribution in [-0.4, -0.2) is 21.1 Å². The van der Waals surface area contributed by atoms with Crippen molar-refractivity contribution in [3.63, 3.8) is 0 Å². The van der Waals surface area contributed by atoms with Gasteiger partial charge in [-0.2, -0.15) is 0 Å². The van der Waals surface area contributed by atoms with Crippen molar-refractivity contribution < 1.29 is 4.74 Å². The molecule has 0 spiro atoms. The van der Waals surface area contributed by atoms with Crippen LogP contribution < -0.4 is 0 Å². The Kier molecular flexibility index (Phi) is 3.18. The normalized spacial score (nSPS) is 20.5. The van der Waals surface area contributed by atoms with Crippen LogP contribution in [0.5, 0.6) is 0 Å². The highest BCUT2D eigenvalue weighted by Crippen LogP contribution is 2.31. The molecule has 1 atom stereocenters. The summed E-state index contributed by atoms with van der Waals surface area (Å²) in [6.07, 6.45) is 3.22. The number of halogens is 2. The first kappa shape index (κ1) is 12.2. The van der Waals surface area contributed by atoms with Crippen LogP contribution in [0.15, 0.2) is 6.07 Å². The van der Waals surface area contributed by atoms with Gasteiger partial charge >= 0.3 is 0 Å². The van der Waals surface area contributed by atoms with Gasteiger partial charge in [0.2, 0.25) is 0 Å². The van der Waals surface area contributed by atoms with Gasteiger partial charge in [-0.15, -0.1) is 0 Å². The third kappa shape index (κ3) is 1.98. The topological polar surface area (TPSA) is 39.9 Å². The summed E-state index contributed by atoms with van der Waals surface area (Å²) in [4.78, 5) is 8.79. The number of pyridine rings is 1. The summed E-state index contributed by atoms with van der Waals surface area (Å²) in [6.45, 7) is 2.71. The van der Waals surface area contributed by atoms with Crippen LogP contribution >= 0.6 is 23.2 Å².